The highest BCUT2D eigenvalue weighted by molar-refractivity contribution is 9.10. The Bertz CT molecular complexity index is 561. The Morgan fingerprint density at radius 1 is 1.53 bits per heavy atom. The normalized spacial score (nSPS) is 19.4. The first-order chi connectivity index (χ1) is 8.16. The van der Waals surface area contributed by atoms with Crippen LogP contribution in [-0.4, -0.2) is 9.55 Å². The number of imidazole rings is 1. The van der Waals surface area contributed by atoms with Gasteiger partial charge in [0.25, 0.3) is 0 Å². The van der Waals surface area contributed by atoms with Crippen molar-refractivity contribution in [3.63, 3.8) is 0 Å². The highest BCUT2D eigenvalue weighted by Gasteiger charge is 2.25. The predicted octanol–water partition coefficient (Wildman–Crippen LogP) is 4.46. The lowest BCUT2D eigenvalue weighted by molar-refractivity contribution is 0.471. The molecule has 3 rings (SSSR count). The van der Waals surface area contributed by atoms with Crippen LogP contribution < -0.4 is 0 Å². The van der Waals surface area contributed by atoms with Gasteiger partial charge in [0.2, 0.25) is 0 Å². The monoisotopic (exact) mass is 314 g/mol. The number of nitrogens with zero attached hydrogens (tertiary/aromatic N) is 2. The first-order valence-corrected chi connectivity index (χ1v) is 6.85. The summed E-state index contributed by atoms with van der Waals surface area (Å²) in [6.07, 6.45) is 2.39. The first-order valence-electron chi connectivity index (χ1n) is 5.68. The van der Waals surface area contributed by atoms with E-state index in [1.54, 1.807) is 6.07 Å². The van der Waals surface area contributed by atoms with Crippen molar-refractivity contribution in [3.8, 4) is 11.6 Å². The number of hydrogen-bond acceptors (Lipinski definition) is 2. The van der Waals surface area contributed by atoms with E-state index in [-0.39, 0.29) is 0 Å². The summed E-state index contributed by atoms with van der Waals surface area (Å²) < 4.78 is 8.60. The van der Waals surface area contributed by atoms with E-state index in [9.17, 15) is 0 Å². The molecular weight excluding hydrogens is 304 g/mol. The van der Waals surface area contributed by atoms with Gasteiger partial charge in [0.1, 0.15) is 4.60 Å². The van der Waals surface area contributed by atoms with E-state index in [1.807, 2.05) is 6.07 Å². The molecule has 3 heterocycles. The molecule has 5 heteroatoms. The van der Waals surface area contributed by atoms with E-state index in [0.29, 0.717) is 11.1 Å². The Morgan fingerprint density at radius 3 is 3.06 bits per heavy atom. The summed E-state index contributed by atoms with van der Waals surface area (Å²) in [5, 5.41) is 0.400. The van der Waals surface area contributed by atoms with E-state index >= 15 is 0 Å². The maximum absolute atomic E-state index is 5.81. The largest absolute Gasteiger partial charge is 0.441 e. The summed E-state index contributed by atoms with van der Waals surface area (Å²) in [5.74, 6) is 2.13. The van der Waals surface area contributed by atoms with Crippen LogP contribution in [0, 0.1) is 0 Å². The molecule has 0 spiro atoms. The van der Waals surface area contributed by atoms with Crippen molar-refractivity contribution >= 4 is 27.5 Å². The van der Waals surface area contributed by atoms with Crippen LogP contribution in [0.2, 0.25) is 5.22 Å². The molecule has 0 saturated heterocycles. The second-order valence-electron chi connectivity index (χ2n) is 4.41. The van der Waals surface area contributed by atoms with Gasteiger partial charge < -0.3 is 8.98 Å². The third-order valence-electron chi connectivity index (χ3n) is 3.24. The van der Waals surface area contributed by atoms with E-state index in [0.717, 1.165) is 22.7 Å². The maximum atomic E-state index is 5.81. The molecule has 0 amide bonds. The third-order valence-corrected chi connectivity index (χ3v) is 4.03. The molecule has 3 nitrogen and oxygen atoms in total. The van der Waals surface area contributed by atoms with Gasteiger partial charge in [0.05, 0.1) is 5.69 Å². The van der Waals surface area contributed by atoms with E-state index in [4.69, 9.17) is 16.0 Å². The highest BCUT2D eigenvalue weighted by Crippen LogP contribution is 2.37. The number of halogens is 2. The average Bonchev–Trinajstić information content (AvgIpc) is 2.84. The number of rotatable bonds is 1. The summed E-state index contributed by atoms with van der Waals surface area (Å²) in [7, 11) is 0. The van der Waals surface area contributed by atoms with Crippen molar-refractivity contribution in [1.29, 1.82) is 0 Å². The molecule has 1 aliphatic heterocycles. The number of furan rings is 1. The van der Waals surface area contributed by atoms with Gasteiger partial charge in [-0.2, -0.15) is 0 Å². The molecule has 0 N–H and O–H groups in total. The Labute approximate surface area is 113 Å². The van der Waals surface area contributed by atoms with E-state index < -0.39 is 0 Å². The molecule has 1 unspecified atom stereocenters. The Hall–Kier alpha value is -0.740. The van der Waals surface area contributed by atoms with Crippen LogP contribution in [0.15, 0.2) is 21.2 Å². The lowest BCUT2D eigenvalue weighted by Crippen LogP contribution is -2.14. The maximum Gasteiger partial charge on any atom is 0.194 e. The Morgan fingerprint density at radius 2 is 2.35 bits per heavy atom. The molecule has 0 fully saturated rings. The van der Waals surface area contributed by atoms with Crippen LogP contribution in [0.3, 0.4) is 0 Å². The second-order valence-corrected chi connectivity index (χ2v) is 5.53. The Kier molecular flexibility index (Phi) is 2.79. The lowest BCUT2D eigenvalue weighted by Gasteiger charge is -2.22. The standard InChI is InChI=1S/C12H12BrClN2O/c1-7-3-2-6-16-10(7)11(13)15-12(16)8-4-5-9(14)17-8/h4-5,7H,2-3,6H2,1H3. The van der Waals surface area contributed by atoms with Crippen molar-refractivity contribution in [2.45, 2.75) is 32.2 Å². The fraction of sp³-hybridized carbons (Fsp3) is 0.417. The molecule has 0 radical (unpaired) electrons. The summed E-state index contributed by atoms with van der Waals surface area (Å²) in [4.78, 5) is 4.55. The van der Waals surface area contributed by atoms with Crippen molar-refractivity contribution in [2.75, 3.05) is 0 Å². The molecule has 2 aromatic heterocycles. The second kappa shape index (κ2) is 4.18. The van der Waals surface area contributed by atoms with Crippen molar-refractivity contribution < 1.29 is 4.42 Å². The van der Waals surface area contributed by atoms with Crippen LogP contribution in [-0.2, 0) is 6.54 Å². The smallest absolute Gasteiger partial charge is 0.194 e. The molecule has 90 valence electrons. The van der Waals surface area contributed by atoms with Gasteiger partial charge in [-0.15, -0.1) is 0 Å². The number of hydrogen-bond donors (Lipinski definition) is 0. The first kappa shape index (κ1) is 11.4. The van der Waals surface area contributed by atoms with E-state index in [2.05, 4.69) is 32.4 Å². The highest BCUT2D eigenvalue weighted by atomic mass is 79.9. The molecule has 0 aromatic carbocycles. The van der Waals surface area contributed by atoms with Crippen molar-refractivity contribution in [1.82, 2.24) is 9.55 Å². The summed E-state index contributed by atoms with van der Waals surface area (Å²) in [6.45, 7) is 3.22. The van der Waals surface area contributed by atoms with Crippen LogP contribution in [0.25, 0.3) is 11.6 Å². The molecule has 0 aliphatic carbocycles. The molecule has 0 saturated carbocycles. The lowest BCUT2D eigenvalue weighted by atomic mass is 9.99. The molecule has 17 heavy (non-hydrogen) atoms. The third kappa shape index (κ3) is 1.83. The van der Waals surface area contributed by atoms with Crippen LogP contribution in [0.1, 0.15) is 31.4 Å². The van der Waals surface area contributed by atoms with Gasteiger partial charge in [-0.05, 0) is 58.4 Å². The number of aromatic nitrogens is 2. The van der Waals surface area contributed by atoms with E-state index in [1.165, 1.54) is 18.5 Å². The predicted molar refractivity (Wildman–Crippen MR) is 70.3 cm³/mol. The van der Waals surface area contributed by atoms with Gasteiger partial charge in [-0.3, -0.25) is 0 Å². The zero-order valence-electron chi connectivity index (χ0n) is 9.41. The summed E-state index contributed by atoms with van der Waals surface area (Å²) in [6, 6.07) is 3.61. The molecular formula is C12H12BrClN2O. The molecule has 1 aliphatic rings. The van der Waals surface area contributed by atoms with Gasteiger partial charge in [0.15, 0.2) is 16.8 Å². The molecule has 0 bridgehead atoms. The van der Waals surface area contributed by atoms with Crippen LogP contribution in [0.5, 0.6) is 0 Å². The van der Waals surface area contributed by atoms with Gasteiger partial charge >= 0.3 is 0 Å². The van der Waals surface area contributed by atoms with Crippen molar-refractivity contribution in [3.05, 3.63) is 27.6 Å². The van der Waals surface area contributed by atoms with Crippen LogP contribution in [0.4, 0.5) is 0 Å². The fourth-order valence-corrected chi connectivity index (χ4v) is 3.37. The minimum absolute atomic E-state index is 0.400. The quantitative estimate of drug-likeness (QED) is 0.778. The molecule has 1 atom stereocenters. The number of fused-ring (bicyclic) bond motifs is 1. The van der Waals surface area contributed by atoms with Gasteiger partial charge in [-0.25, -0.2) is 4.98 Å². The zero-order chi connectivity index (χ0) is 12.0. The minimum atomic E-state index is 0.400. The van der Waals surface area contributed by atoms with Gasteiger partial charge in [0, 0.05) is 6.54 Å². The topological polar surface area (TPSA) is 31.0 Å². The zero-order valence-corrected chi connectivity index (χ0v) is 11.8. The van der Waals surface area contributed by atoms with Crippen molar-refractivity contribution in [2.24, 2.45) is 0 Å². The average molecular weight is 316 g/mol. The molecule has 2 aromatic rings. The summed E-state index contributed by atoms with van der Waals surface area (Å²) in [5.41, 5.74) is 1.26. The summed E-state index contributed by atoms with van der Waals surface area (Å²) >= 11 is 9.35. The Balaban J connectivity index is 2.16. The minimum Gasteiger partial charge on any atom is -0.441 e. The fourth-order valence-electron chi connectivity index (χ4n) is 2.45. The van der Waals surface area contributed by atoms with Gasteiger partial charge in [-0.1, -0.05) is 6.92 Å². The SMILES string of the molecule is CC1CCCn2c(-c3ccc(Cl)o3)nc(Br)c21. The van der Waals surface area contributed by atoms with Crippen LogP contribution >= 0.6 is 27.5 Å².